The molecule has 0 bridgehead atoms. The molecule has 1 saturated carbocycles. The molecule has 1 aromatic carbocycles. The number of para-hydroxylation sites is 1. The standard InChI is InChI=1S/C15H17NO/c1-10-6-7-12(15(17)8-10)13-9-16-14-5-3-2-4-11(13)14/h2-5,9-10,12,16H,6-8H2,1H3. The molecule has 2 unspecified atom stereocenters. The number of benzene rings is 1. The van der Waals surface area contributed by atoms with Gasteiger partial charge in [0, 0.05) is 29.4 Å². The molecule has 0 spiro atoms. The molecule has 1 aliphatic carbocycles. The number of hydrogen-bond donors (Lipinski definition) is 1. The number of rotatable bonds is 1. The van der Waals surface area contributed by atoms with Gasteiger partial charge in [-0.05, 0) is 30.4 Å². The average molecular weight is 227 g/mol. The maximum Gasteiger partial charge on any atom is 0.140 e. The molecule has 2 nitrogen and oxygen atoms in total. The Labute approximate surface area is 101 Å². The van der Waals surface area contributed by atoms with Crippen LogP contribution in [0.4, 0.5) is 0 Å². The van der Waals surface area contributed by atoms with Crippen LogP contribution in [-0.4, -0.2) is 10.8 Å². The van der Waals surface area contributed by atoms with E-state index in [1.807, 2.05) is 18.3 Å². The number of H-pyrrole nitrogens is 1. The summed E-state index contributed by atoms with van der Waals surface area (Å²) in [5.41, 5.74) is 2.33. The predicted molar refractivity (Wildman–Crippen MR) is 69.1 cm³/mol. The van der Waals surface area contributed by atoms with Gasteiger partial charge in [0.05, 0.1) is 0 Å². The topological polar surface area (TPSA) is 32.9 Å². The van der Waals surface area contributed by atoms with E-state index in [0.29, 0.717) is 11.7 Å². The first kappa shape index (κ1) is 10.6. The molecular formula is C15H17NO. The van der Waals surface area contributed by atoms with E-state index in [9.17, 15) is 4.79 Å². The van der Waals surface area contributed by atoms with Crippen LogP contribution < -0.4 is 0 Å². The van der Waals surface area contributed by atoms with Crippen LogP contribution in [0, 0.1) is 5.92 Å². The number of aromatic nitrogens is 1. The summed E-state index contributed by atoms with van der Waals surface area (Å²) in [5.74, 6) is 1.08. The first-order valence-electron chi connectivity index (χ1n) is 6.34. The van der Waals surface area contributed by atoms with Crippen molar-refractivity contribution >= 4 is 16.7 Å². The third-order valence-corrected chi connectivity index (χ3v) is 3.88. The van der Waals surface area contributed by atoms with Crippen LogP contribution in [-0.2, 0) is 4.79 Å². The Hall–Kier alpha value is -1.57. The summed E-state index contributed by atoms with van der Waals surface area (Å²) in [6.07, 6.45) is 4.92. The highest BCUT2D eigenvalue weighted by Gasteiger charge is 2.29. The molecule has 2 heteroatoms. The minimum atomic E-state index is 0.113. The minimum absolute atomic E-state index is 0.113. The summed E-state index contributed by atoms with van der Waals surface area (Å²) in [4.78, 5) is 15.4. The van der Waals surface area contributed by atoms with Crippen LogP contribution >= 0.6 is 0 Å². The largest absolute Gasteiger partial charge is 0.361 e. The van der Waals surface area contributed by atoms with Gasteiger partial charge in [-0.15, -0.1) is 0 Å². The molecule has 1 fully saturated rings. The van der Waals surface area contributed by atoms with Crippen molar-refractivity contribution < 1.29 is 4.79 Å². The summed E-state index contributed by atoms with van der Waals surface area (Å²) in [7, 11) is 0. The van der Waals surface area contributed by atoms with E-state index in [-0.39, 0.29) is 5.92 Å². The highest BCUT2D eigenvalue weighted by molar-refractivity contribution is 5.93. The van der Waals surface area contributed by atoms with Crippen LogP contribution in [0.3, 0.4) is 0 Å². The summed E-state index contributed by atoms with van der Waals surface area (Å²) in [6.45, 7) is 2.17. The van der Waals surface area contributed by atoms with E-state index in [1.165, 1.54) is 10.9 Å². The fraction of sp³-hybridized carbons (Fsp3) is 0.400. The maximum atomic E-state index is 12.1. The van der Waals surface area contributed by atoms with Gasteiger partial charge in [-0.1, -0.05) is 25.1 Å². The normalized spacial score (nSPS) is 25.4. The Kier molecular flexibility index (Phi) is 2.50. The van der Waals surface area contributed by atoms with E-state index in [4.69, 9.17) is 0 Å². The third kappa shape index (κ3) is 1.78. The Morgan fingerprint density at radius 3 is 2.88 bits per heavy atom. The van der Waals surface area contributed by atoms with E-state index in [1.54, 1.807) is 0 Å². The molecule has 1 heterocycles. The van der Waals surface area contributed by atoms with E-state index < -0.39 is 0 Å². The third-order valence-electron chi connectivity index (χ3n) is 3.88. The van der Waals surface area contributed by atoms with Crippen LogP contribution in [0.1, 0.15) is 37.7 Å². The Morgan fingerprint density at radius 1 is 1.24 bits per heavy atom. The van der Waals surface area contributed by atoms with Gasteiger partial charge in [-0.25, -0.2) is 0 Å². The zero-order chi connectivity index (χ0) is 11.8. The van der Waals surface area contributed by atoms with Crippen LogP contribution in [0.25, 0.3) is 10.9 Å². The molecule has 0 amide bonds. The van der Waals surface area contributed by atoms with Gasteiger partial charge in [0.1, 0.15) is 5.78 Å². The van der Waals surface area contributed by atoms with Gasteiger partial charge >= 0.3 is 0 Å². The lowest BCUT2D eigenvalue weighted by molar-refractivity contribution is -0.122. The van der Waals surface area contributed by atoms with Crippen molar-refractivity contribution in [1.82, 2.24) is 4.98 Å². The smallest absolute Gasteiger partial charge is 0.140 e. The molecule has 2 atom stereocenters. The molecule has 0 saturated heterocycles. The highest BCUT2D eigenvalue weighted by atomic mass is 16.1. The van der Waals surface area contributed by atoms with Crippen molar-refractivity contribution in [2.75, 3.05) is 0 Å². The minimum Gasteiger partial charge on any atom is -0.361 e. The molecule has 1 N–H and O–H groups in total. The molecule has 0 radical (unpaired) electrons. The highest BCUT2D eigenvalue weighted by Crippen LogP contribution is 2.36. The molecule has 2 aromatic rings. The second kappa shape index (κ2) is 4.02. The zero-order valence-electron chi connectivity index (χ0n) is 10.1. The number of hydrogen-bond acceptors (Lipinski definition) is 1. The number of carbonyl (C=O) groups excluding carboxylic acids is 1. The van der Waals surface area contributed by atoms with Crippen molar-refractivity contribution in [3.8, 4) is 0 Å². The van der Waals surface area contributed by atoms with Crippen molar-refractivity contribution in [3.63, 3.8) is 0 Å². The van der Waals surface area contributed by atoms with Crippen molar-refractivity contribution in [2.24, 2.45) is 5.92 Å². The number of nitrogens with one attached hydrogen (secondary N) is 1. The van der Waals surface area contributed by atoms with Crippen LogP contribution in [0.5, 0.6) is 0 Å². The number of ketones is 1. The van der Waals surface area contributed by atoms with Gasteiger partial charge in [0.2, 0.25) is 0 Å². The van der Waals surface area contributed by atoms with E-state index in [2.05, 4.69) is 24.0 Å². The zero-order valence-corrected chi connectivity index (χ0v) is 10.1. The summed E-state index contributed by atoms with van der Waals surface area (Å²) in [5, 5.41) is 1.21. The van der Waals surface area contributed by atoms with Crippen LogP contribution in [0.2, 0.25) is 0 Å². The van der Waals surface area contributed by atoms with E-state index >= 15 is 0 Å². The summed E-state index contributed by atoms with van der Waals surface area (Å²) < 4.78 is 0. The molecule has 1 aromatic heterocycles. The van der Waals surface area contributed by atoms with Gasteiger partial charge in [0.15, 0.2) is 0 Å². The fourth-order valence-electron chi connectivity index (χ4n) is 2.91. The summed E-state index contributed by atoms with van der Waals surface area (Å²) >= 11 is 0. The molecule has 17 heavy (non-hydrogen) atoms. The number of aromatic amines is 1. The average Bonchev–Trinajstić information content (AvgIpc) is 2.73. The fourth-order valence-corrected chi connectivity index (χ4v) is 2.91. The lowest BCUT2D eigenvalue weighted by Gasteiger charge is -2.24. The Balaban J connectivity index is 2.01. The van der Waals surface area contributed by atoms with Crippen LogP contribution in [0.15, 0.2) is 30.5 Å². The molecule has 1 aliphatic rings. The van der Waals surface area contributed by atoms with Crippen molar-refractivity contribution in [2.45, 2.75) is 32.1 Å². The van der Waals surface area contributed by atoms with Crippen molar-refractivity contribution in [3.05, 3.63) is 36.0 Å². The van der Waals surface area contributed by atoms with Gasteiger partial charge < -0.3 is 4.98 Å². The lowest BCUT2D eigenvalue weighted by Crippen LogP contribution is -2.21. The maximum absolute atomic E-state index is 12.1. The second-order valence-corrected chi connectivity index (χ2v) is 5.20. The van der Waals surface area contributed by atoms with Gasteiger partial charge in [-0.2, -0.15) is 0 Å². The molecule has 88 valence electrons. The van der Waals surface area contributed by atoms with E-state index in [0.717, 1.165) is 24.8 Å². The lowest BCUT2D eigenvalue weighted by atomic mass is 9.78. The first-order valence-corrected chi connectivity index (χ1v) is 6.34. The van der Waals surface area contributed by atoms with Gasteiger partial charge in [-0.3, -0.25) is 4.79 Å². The molecule has 3 rings (SSSR count). The number of fused-ring (bicyclic) bond motifs is 1. The SMILES string of the molecule is CC1CCC(c2c[nH]c3ccccc23)C(=O)C1. The molecule has 0 aliphatic heterocycles. The number of carbonyl (C=O) groups is 1. The second-order valence-electron chi connectivity index (χ2n) is 5.20. The first-order chi connectivity index (χ1) is 8.25. The summed E-state index contributed by atoms with van der Waals surface area (Å²) in [6, 6.07) is 8.23. The van der Waals surface area contributed by atoms with Gasteiger partial charge in [0.25, 0.3) is 0 Å². The monoisotopic (exact) mass is 227 g/mol. The molecular weight excluding hydrogens is 210 g/mol. The quantitative estimate of drug-likeness (QED) is 0.792. The van der Waals surface area contributed by atoms with Crippen molar-refractivity contribution in [1.29, 1.82) is 0 Å². The predicted octanol–water partition coefficient (Wildman–Crippen LogP) is 3.64. The number of Topliss-reactive ketones (excluding diaryl/α,β-unsaturated/α-hetero) is 1. The Morgan fingerprint density at radius 2 is 2.06 bits per heavy atom. The Bertz CT molecular complexity index is 555.